The molecule has 5 heteroatoms. The van der Waals surface area contributed by atoms with Gasteiger partial charge in [0, 0.05) is 27.1 Å². The van der Waals surface area contributed by atoms with Gasteiger partial charge in [0.05, 0.1) is 6.04 Å². The van der Waals surface area contributed by atoms with Crippen molar-refractivity contribution in [3.8, 4) is 0 Å². The molecule has 1 N–H and O–H groups in total. The van der Waals surface area contributed by atoms with E-state index in [0.29, 0.717) is 13.1 Å². The van der Waals surface area contributed by atoms with Gasteiger partial charge in [-0.3, -0.25) is 4.79 Å². The first-order chi connectivity index (χ1) is 6.02. The summed E-state index contributed by atoms with van der Waals surface area (Å²) in [5, 5.41) is 8.69. The van der Waals surface area contributed by atoms with Crippen molar-refractivity contribution in [1.82, 2.24) is 9.80 Å². The molecular formula is C8H14N2O3. The minimum absolute atomic E-state index is 0.0151. The van der Waals surface area contributed by atoms with E-state index in [1.807, 2.05) is 0 Å². The molecule has 0 aromatic rings. The highest BCUT2D eigenvalue weighted by Crippen LogP contribution is 2.14. The van der Waals surface area contributed by atoms with Crippen molar-refractivity contribution in [2.45, 2.75) is 19.4 Å². The molecule has 0 aliphatic carbocycles. The zero-order valence-corrected chi connectivity index (χ0v) is 7.86. The van der Waals surface area contributed by atoms with E-state index in [4.69, 9.17) is 5.11 Å². The monoisotopic (exact) mass is 186 g/mol. The Labute approximate surface area is 76.9 Å². The predicted molar refractivity (Wildman–Crippen MR) is 46.4 cm³/mol. The lowest BCUT2D eigenvalue weighted by molar-refractivity contribution is -0.127. The Bertz CT molecular complexity index is 229. The minimum Gasteiger partial charge on any atom is -0.465 e. The van der Waals surface area contributed by atoms with E-state index in [2.05, 4.69) is 0 Å². The fourth-order valence-corrected chi connectivity index (χ4v) is 1.50. The van der Waals surface area contributed by atoms with Gasteiger partial charge in [-0.25, -0.2) is 4.79 Å². The third-order valence-electron chi connectivity index (χ3n) is 2.46. The van der Waals surface area contributed by atoms with Crippen LogP contribution < -0.4 is 0 Å². The first kappa shape index (κ1) is 9.83. The number of carboxylic acid groups (broad SMARTS) is 1. The highest BCUT2D eigenvalue weighted by Gasteiger charge is 2.29. The van der Waals surface area contributed by atoms with Gasteiger partial charge in [-0.1, -0.05) is 0 Å². The average molecular weight is 186 g/mol. The Morgan fingerprint density at radius 2 is 2.15 bits per heavy atom. The van der Waals surface area contributed by atoms with Crippen molar-refractivity contribution in [1.29, 1.82) is 0 Å². The SMILES string of the molecule is CC(=O)N1CCC(N(C)C(=O)O)C1. The molecule has 1 aliphatic rings. The molecule has 0 aromatic heterocycles. The smallest absolute Gasteiger partial charge is 0.407 e. The summed E-state index contributed by atoms with van der Waals surface area (Å²) < 4.78 is 0. The van der Waals surface area contributed by atoms with E-state index in [1.165, 1.54) is 18.9 Å². The van der Waals surface area contributed by atoms with Gasteiger partial charge >= 0.3 is 6.09 Å². The molecule has 2 amide bonds. The molecule has 5 nitrogen and oxygen atoms in total. The molecule has 74 valence electrons. The van der Waals surface area contributed by atoms with Gasteiger partial charge in [0.25, 0.3) is 0 Å². The number of likely N-dealkylation sites (N-methyl/N-ethyl adjacent to an activating group) is 1. The lowest BCUT2D eigenvalue weighted by atomic mass is 10.2. The number of hydrogen-bond donors (Lipinski definition) is 1. The van der Waals surface area contributed by atoms with E-state index in [-0.39, 0.29) is 11.9 Å². The van der Waals surface area contributed by atoms with Crippen LogP contribution in [0.5, 0.6) is 0 Å². The zero-order valence-electron chi connectivity index (χ0n) is 7.86. The third-order valence-corrected chi connectivity index (χ3v) is 2.46. The predicted octanol–water partition coefficient (Wildman–Crippen LogP) is 0.217. The topological polar surface area (TPSA) is 60.9 Å². The van der Waals surface area contributed by atoms with Crippen molar-refractivity contribution in [2.75, 3.05) is 20.1 Å². The molecule has 0 aromatic carbocycles. The maximum atomic E-state index is 10.9. The molecule has 1 heterocycles. The molecule has 0 saturated carbocycles. The van der Waals surface area contributed by atoms with E-state index < -0.39 is 6.09 Å². The highest BCUT2D eigenvalue weighted by molar-refractivity contribution is 5.73. The van der Waals surface area contributed by atoms with Crippen LogP contribution >= 0.6 is 0 Å². The van der Waals surface area contributed by atoms with Crippen LogP contribution in [-0.2, 0) is 4.79 Å². The summed E-state index contributed by atoms with van der Waals surface area (Å²) in [5.74, 6) is 0.0151. The van der Waals surface area contributed by atoms with Crippen LogP contribution in [0.15, 0.2) is 0 Å². The van der Waals surface area contributed by atoms with Crippen LogP contribution in [0.2, 0.25) is 0 Å². The number of carbonyl (C=O) groups excluding carboxylic acids is 1. The molecule has 0 spiro atoms. The van der Waals surface area contributed by atoms with Crippen molar-refractivity contribution >= 4 is 12.0 Å². The van der Waals surface area contributed by atoms with Crippen LogP contribution in [0.1, 0.15) is 13.3 Å². The highest BCUT2D eigenvalue weighted by atomic mass is 16.4. The Morgan fingerprint density at radius 3 is 2.54 bits per heavy atom. The lowest BCUT2D eigenvalue weighted by Gasteiger charge is -2.21. The number of nitrogens with zero attached hydrogens (tertiary/aromatic N) is 2. The number of amides is 2. The molecule has 1 rings (SSSR count). The van der Waals surface area contributed by atoms with Gasteiger partial charge < -0.3 is 14.9 Å². The average Bonchev–Trinajstić information content (AvgIpc) is 2.50. The molecule has 0 bridgehead atoms. The van der Waals surface area contributed by atoms with Crippen LogP contribution in [0.3, 0.4) is 0 Å². The number of rotatable bonds is 1. The van der Waals surface area contributed by atoms with Gasteiger partial charge in [0.1, 0.15) is 0 Å². The molecule has 13 heavy (non-hydrogen) atoms. The van der Waals surface area contributed by atoms with Crippen molar-refractivity contribution in [3.63, 3.8) is 0 Å². The summed E-state index contributed by atoms with van der Waals surface area (Å²) in [4.78, 5) is 24.5. The first-order valence-corrected chi connectivity index (χ1v) is 4.23. The summed E-state index contributed by atoms with van der Waals surface area (Å²) in [5.41, 5.74) is 0. The molecule has 1 aliphatic heterocycles. The largest absolute Gasteiger partial charge is 0.465 e. The van der Waals surface area contributed by atoms with Crippen LogP contribution in [-0.4, -0.2) is 53.1 Å². The van der Waals surface area contributed by atoms with Gasteiger partial charge in [-0.2, -0.15) is 0 Å². The Morgan fingerprint density at radius 1 is 1.54 bits per heavy atom. The fraction of sp³-hybridized carbons (Fsp3) is 0.750. The first-order valence-electron chi connectivity index (χ1n) is 4.23. The molecule has 0 radical (unpaired) electrons. The molecular weight excluding hydrogens is 172 g/mol. The number of carbonyl (C=O) groups is 2. The second-order valence-corrected chi connectivity index (χ2v) is 3.30. The van der Waals surface area contributed by atoms with Crippen LogP contribution in [0.4, 0.5) is 4.79 Å². The van der Waals surface area contributed by atoms with Crippen molar-refractivity contribution in [2.24, 2.45) is 0 Å². The molecule has 1 atom stereocenters. The van der Waals surface area contributed by atoms with E-state index in [9.17, 15) is 9.59 Å². The maximum absolute atomic E-state index is 10.9. The number of hydrogen-bond acceptors (Lipinski definition) is 2. The summed E-state index contributed by atoms with van der Waals surface area (Å²) in [6.45, 7) is 2.69. The summed E-state index contributed by atoms with van der Waals surface area (Å²) in [7, 11) is 1.54. The van der Waals surface area contributed by atoms with Gasteiger partial charge in [0.15, 0.2) is 0 Å². The van der Waals surface area contributed by atoms with Crippen LogP contribution in [0.25, 0.3) is 0 Å². The van der Waals surface area contributed by atoms with Crippen molar-refractivity contribution < 1.29 is 14.7 Å². The summed E-state index contributed by atoms with van der Waals surface area (Å²) >= 11 is 0. The van der Waals surface area contributed by atoms with Crippen LogP contribution in [0, 0.1) is 0 Å². The maximum Gasteiger partial charge on any atom is 0.407 e. The normalized spacial score (nSPS) is 21.7. The minimum atomic E-state index is -0.935. The lowest BCUT2D eigenvalue weighted by Crippen LogP contribution is -2.38. The van der Waals surface area contributed by atoms with E-state index in [1.54, 1.807) is 4.90 Å². The van der Waals surface area contributed by atoms with Gasteiger partial charge in [0.2, 0.25) is 5.91 Å². The Kier molecular flexibility index (Phi) is 2.75. The van der Waals surface area contributed by atoms with Crippen molar-refractivity contribution in [3.05, 3.63) is 0 Å². The molecule has 1 saturated heterocycles. The van der Waals surface area contributed by atoms with E-state index in [0.717, 1.165) is 6.42 Å². The quantitative estimate of drug-likeness (QED) is 0.637. The Hall–Kier alpha value is -1.26. The zero-order chi connectivity index (χ0) is 10.0. The second-order valence-electron chi connectivity index (χ2n) is 3.30. The Balaban J connectivity index is 2.49. The fourth-order valence-electron chi connectivity index (χ4n) is 1.50. The molecule has 1 fully saturated rings. The second kappa shape index (κ2) is 3.64. The number of likely N-dealkylation sites (tertiary alicyclic amines) is 1. The summed E-state index contributed by atoms with van der Waals surface area (Å²) in [6.07, 6.45) is -0.196. The van der Waals surface area contributed by atoms with Gasteiger partial charge in [-0.15, -0.1) is 0 Å². The standard InChI is InChI=1S/C8H14N2O3/c1-6(11)10-4-3-7(5-10)9(2)8(12)13/h7H,3-5H2,1-2H3,(H,12,13). The molecule has 1 unspecified atom stereocenters. The third kappa shape index (κ3) is 2.11. The van der Waals surface area contributed by atoms with E-state index >= 15 is 0 Å². The van der Waals surface area contributed by atoms with Gasteiger partial charge in [-0.05, 0) is 6.42 Å². The summed E-state index contributed by atoms with van der Waals surface area (Å²) in [6, 6.07) is -0.0404.